The number of nitrogens with zero attached hydrogens (tertiary/aromatic N) is 2. The number of halogens is 1. The summed E-state index contributed by atoms with van der Waals surface area (Å²) in [5, 5.41) is 1.09. The van der Waals surface area contributed by atoms with Crippen LogP contribution in [0.15, 0.2) is 0 Å². The van der Waals surface area contributed by atoms with E-state index in [9.17, 15) is 0 Å². The minimum Gasteiger partial charge on any atom is -0.344 e. The second-order valence-electron chi connectivity index (χ2n) is 3.61. The van der Waals surface area contributed by atoms with Gasteiger partial charge in [-0.05, 0) is 27.7 Å². The van der Waals surface area contributed by atoms with Crippen molar-refractivity contribution in [2.24, 2.45) is 0 Å². The number of thiazole rings is 1. The molecule has 1 aromatic heterocycles. The van der Waals surface area contributed by atoms with E-state index in [1.54, 1.807) is 11.3 Å². The zero-order chi connectivity index (χ0) is 10.7. The van der Waals surface area contributed by atoms with Crippen LogP contribution in [0.2, 0.25) is 0 Å². The molecule has 14 heavy (non-hydrogen) atoms. The lowest BCUT2D eigenvalue weighted by molar-refractivity contribution is 0.702. The fourth-order valence-electron chi connectivity index (χ4n) is 1.24. The predicted octanol–water partition coefficient (Wildman–Crippen LogP) is 3.21. The molecular weight excluding hydrogens is 216 g/mol. The summed E-state index contributed by atoms with van der Waals surface area (Å²) in [4.78, 5) is 8.08. The number of anilines is 1. The molecule has 0 radical (unpaired) electrons. The summed E-state index contributed by atoms with van der Waals surface area (Å²) in [7, 11) is 0. The molecule has 0 aliphatic carbocycles. The Hall–Kier alpha value is -0.280. The SMILES string of the molecule is Cc1nc(N(CCCl)C(C)C)sc1C. The Kier molecular flexibility index (Phi) is 4.20. The zero-order valence-electron chi connectivity index (χ0n) is 9.17. The summed E-state index contributed by atoms with van der Waals surface area (Å²) in [6.45, 7) is 9.35. The van der Waals surface area contributed by atoms with E-state index < -0.39 is 0 Å². The molecule has 0 fully saturated rings. The second kappa shape index (κ2) is 4.99. The van der Waals surface area contributed by atoms with Crippen LogP contribution >= 0.6 is 22.9 Å². The molecule has 0 atom stereocenters. The number of rotatable bonds is 4. The van der Waals surface area contributed by atoms with Gasteiger partial charge in [0, 0.05) is 23.3 Å². The van der Waals surface area contributed by atoms with Gasteiger partial charge in [0.2, 0.25) is 0 Å². The van der Waals surface area contributed by atoms with Gasteiger partial charge in [0.25, 0.3) is 0 Å². The molecule has 0 N–H and O–H groups in total. The molecule has 0 aromatic carbocycles. The van der Waals surface area contributed by atoms with Crippen molar-refractivity contribution < 1.29 is 0 Å². The molecule has 0 saturated heterocycles. The molecule has 4 heteroatoms. The van der Waals surface area contributed by atoms with Crippen LogP contribution in [0.1, 0.15) is 24.4 Å². The zero-order valence-corrected chi connectivity index (χ0v) is 10.7. The summed E-state index contributed by atoms with van der Waals surface area (Å²) < 4.78 is 0. The van der Waals surface area contributed by atoms with Gasteiger partial charge in [-0.3, -0.25) is 0 Å². The first-order valence-electron chi connectivity index (χ1n) is 4.83. The molecule has 0 amide bonds. The molecule has 1 aromatic rings. The summed E-state index contributed by atoms with van der Waals surface area (Å²) in [6.07, 6.45) is 0. The van der Waals surface area contributed by atoms with Gasteiger partial charge >= 0.3 is 0 Å². The summed E-state index contributed by atoms with van der Waals surface area (Å²) >= 11 is 7.52. The maximum Gasteiger partial charge on any atom is 0.186 e. The number of aryl methyl sites for hydroxylation is 2. The average Bonchev–Trinajstić information content (AvgIpc) is 2.42. The van der Waals surface area contributed by atoms with Crippen molar-refractivity contribution in [1.82, 2.24) is 4.98 Å². The van der Waals surface area contributed by atoms with E-state index in [1.807, 2.05) is 0 Å². The van der Waals surface area contributed by atoms with Gasteiger partial charge in [-0.25, -0.2) is 4.98 Å². The first-order chi connectivity index (χ1) is 6.56. The van der Waals surface area contributed by atoms with Crippen LogP contribution < -0.4 is 4.90 Å². The summed E-state index contributed by atoms with van der Waals surface area (Å²) in [5.74, 6) is 0.649. The molecule has 0 aliphatic rings. The maximum absolute atomic E-state index is 5.77. The van der Waals surface area contributed by atoms with E-state index in [2.05, 4.69) is 37.6 Å². The molecule has 80 valence electrons. The lowest BCUT2D eigenvalue weighted by atomic mass is 10.3. The quantitative estimate of drug-likeness (QED) is 0.742. The highest BCUT2D eigenvalue weighted by Crippen LogP contribution is 2.26. The van der Waals surface area contributed by atoms with Gasteiger partial charge in [-0.2, -0.15) is 0 Å². The average molecular weight is 233 g/mol. The first-order valence-corrected chi connectivity index (χ1v) is 6.18. The van der Waals surface area contributed by atoms with Crippen molar-refractivity contribution in [3.63, 3.8) is 0 Å². The minimum atomic E-state index is 0.457. The highest BCUT2D eigenvalue weighted by molar-refractivity contribution is 7.15. The third kappa shape index (κ3) is 2.61. The number of alkyl halides is 1. The van der Waals surface area contributed by atoms with Crippen molar-refractivity contribution in [3.05, 3.63) is 10.6 Å². The van der Waals surface area contributed by atoms with Crippen molar-refractivity contribution in [3.8, 4) is 0 Å². The van der Waals surface area contributed by atoms with E-state index in [4.69, 9.17) is 11.6 Å². The van der Waals surface area contributed by atoms with E-state index >= 15 is 0 Å². The van der Waals surface area contributed by atoms with Crippen molar-refractivity contribution in [2.75, 3.05) is 17.3 Å². The van der Waals surface area contributed by atoms with Crippen LogP contribution in [-0.4, -0.2) is 23.5 Å². The van der Waals surface area contributed by atoms with Crippen LogP contribution in [0.4, 0.5) is 5.13 Å². The number of hydrogen-bond donors (Lipinski definition) is 0. The third-order valence-electron chi connectivity index (χ3n) is 2.21. The maximum atomic E-state index is 5.77. The standard InChI is InChI=1S/C10H17ClN2S/c1-7(2)13(6-5-11)10-12-8(3)9(4)14-10/h7H,5-6H2,1-4H3. The largest absolute Gasteiger partial charge is 0.344 e. The van der Waals surface area contributed by atoms with Crippen LogP contribution in [0.25, 0.3) is 0 Å². The summed E-state index contributed by atoms with van der Waals surface area (Å²) in [5.41, 5.74) is 1.13. The van der Waals surface area contributed by atoms with Gasteiger partial charge in [0.05, 0.1) is 5.69 Å². The van der Waals surface area contributed by atoms with E-state index in [1.165, 1.54) is 4.88 Å². The minimum absolute atomic E-state index is 0.457. The summed E-state index contributed by atoms with van der Waals surface area (Å²) in [6, 6.07) is 0.457. The monoisotopic (exact) mass is 232 g/mol. The van der Waals surface area contributed by atoms with Gasteiger partial charge in [-0.15, -0.1) is 22.9 Å². The van der Waals surface area contributed by atoms with Crippen LogP contribution in [0.5, 0.6) is 0 Å². The smallest absolute Gasteiger partial charge is 0.186 e. The fourth-order valence-corrected chi connectivity index (χ4v) is 2.50. The molecule has 2 nitrogen and oxygen atoms in total. The Labute approximate surface area is 94.9 Å². The first kappa shape index (κ1) is 11.8. The van der Waals surface area contributed by atoms with Crippen LogP contribution in [-0.2, 0) is 0 Å². The molecule has 1 heterocycles. The predicted molar refractivity (Wildman–Crippen MR) is 64.8 cm³/mol. The molecule has 0 bridgehead atoms. The number of hydrogen-bond acceptors (Lipinski definition) is 3. The van der Waals surface area contributed by atoms with Crippen molar-refractivity contribution >= 4 is 28.1 Å². The molecule has 0 saturated carbocycles. The Balaban J connectivity index is 2.87. The van der Waals surface area contributed by atoms with Crippen molar-refractivity contribution in [1.29, 1.82) is 0 Å². The third-order valence-corrected chi connectivity index (χ3v) is 3.49. The topological polar surface area (TPSA) is 16.1 Å². The van der Waals surface area contributed by atoms with Crippen LogP contribution in [0, 0.1) is 13.8 Å². The Morgan fingerprint density at radius 1 is 1.43 bits per heavy atom. The van der Waals surface area contributed by atoms with Gasteiger partial charge in [0.15, 0.2) is 5.13 Å². The number of aromatic nitrogens is 1. The molecular formula is C10H17ClN2S. The highest BCUT2D eigenvalue weighted by Gasteiger charge is 2.14. The van der Waals surface area contributed by atoms with Crippen molar-refractivity contribution in [2.45, 2.75) is 33.7 Å². The van der Waals surface area contributed by atoms with E-state index in [0.717, 1.165) is 17.4 Å². The molecule has 0 unspecified atom stereocenters. The Bertz CT molecular complexity index is 277. The van der Waals surface area contributed by atoms with E-state index in [0.29, 0.717) is 11.9 Å². The van der Waals surface area contributed by atoms with E-state index in [-0.39, 0.29) is 0 Å². The molecule has 0 spiro atoms. The molecule has 0 aliphatic heterocycles. The van der Waals surface area contributed by atoms with Crippen LogP contribution in [0.3, 0.4) is 0 Å². The Morgan fingerprint density at radius 3 is 2.43 bits per heavy atom. The Morgan fingerprint density at radius 2 is 2.07 bits per heavy atom. The normalized spacial score (nSPS) is 11.0. The highest BCUT2D eigenvalue weighted by atomic mass is 35.5. The second-order valence-corrected chi connectivity index (χ2v) is 5.17. The van der Waals surface area contributed by atoms with Gasteiger partial charge < -0.3 is 4.90 Å². The lowest BCUT2D eigenvalue weighted by Crippen LogP contribution is -2.32. The lowest BCUT2D eigenvalue weighted by Gasteiger charge is -2.24. The van der Waals surface area contributed by atoms with Gasteiger partial charge in [0.1, 0.15) is 0 Å². The van der Waals surface area contributed by atoms with Gasteiger partial charge in [-0.1, -0.05) is 0 Å². The fraction of sp³-hybridized carbons (Fsp3) is 0.700. The molecule has 1 rings (SSSR count).